The molecule has 1 saturated heterocycles. The van der Waals surface area contributed by atoms with Crippen LogP contribution in [0.1, 0.15) is 60.3 Å². The van der Waals surface area contributed by atoms with Gasteiger partial charge in [-0.25, -0.2) is 0 Å². The average molecular weight is 336 g/mol. The fourth-order valence-corrected chi connectivity index (χ4v) is 4.90. The fourth-order valence-electron chi connectivity index (χ4n) is 4.90. The molecule has 6 atom stereocenters. The Morgan fingerprint density at radius 3 is 2.46 bits per heavy atom. The van der Waals surface area contributed by atoms with Crippen molar-refractivity contribution in [3.63, 3.8) is 0 Å². The van der Waals surface area contributed by atoms with E-state index < -0.39 is 12.2 Å². The van der Waals surface area contributed by atoms with E-state index in [4.69, 9.17) is 14.2 Å². The van der Waals surface area contributed by atoms with Crippen molar-refractivity contribution in [1.82, 2.24) is 0 Å². The molecule has 3 aliphatic rings. The van der Waals surface area contributed by atoms with Gasteiger partial charge in [0.05, 0.1) is 6.10 Å². The standard InChI is InChI=1S/C19H28O5/c1-11-10-18(5)12(2)6-7-16-19(18,24-16)9-8-15(22-13(3)20)17(11)23-14(4)21/h10,12,15-17H,6-9H2,1-5H3/b11-10-/t12-,15-,16+,17+,18+,19+/m0/s1. The molecular weight excluding hydrogens is 308 g/mol. The molecule has 1 heterocycles. The highest BCUT2D eigenvalue weighted by Gasteiger charge is 2.69. The molecular formula is C19H28O5. The molecule has 0 unspecified atom stereocenters. The molecule has 0 bridgehead atoms. The molecule has 5 heteroatoms. The lowest BCUT2D eigenvalue weighted by atomic mass is 9.58. The zero-order chi connectivity index (χ0) is 17.7. The molecule has 0 radical (unpaired) electrons. The zero-order valence-electron chi connectivity index (χ0n) is 15.3. The summed E-state index contributed by atoms with van der Waals surface area (Å²) in [5, 5.41) is 0. The van der Waals surface area contributed by atoms with Gasteiger partial charge in [-0.2, -0.15) is 0 Å². The first-order valence-corrected chi connectivity index (χ1v) is 8.91. The SMILES string of the molecule is CC(=O)O[C@H]1CC[C@@]23O[C@@H]2CC[C@H](C)[C@@]3(C)/C=C(/C)[C@H]1OC(C)=O. The molecule has 134 valence electrons. The summed E-state index contributed by atoms with van der Waals surface area (Å²) in [4.78, 5) is 23.1. The Kier molecular flexibility index (Phi) is 4.27. The van der Waals surface area contributed by atoms with Crippen molar-refractivity contribution in [1.29, 1.82) is 0 Å². The van der Waals surface area contributed by atoms with Gasteiger partial charge in [0.1, 0.15) is 11.7 Å². The van der Waals surface area contributed by atoms with Gasteiger partial charge in [-0.15, -0.1) is 0 Å². The van der Waals surface area contributed by atoms with Gasteiger partial charge in [0.25, 0.3) is 0 Å². The summed E-state index contributed by atoms with van der Waals surface area (Å²) >= 11 is 0. The highest BCUT2D eigenvalue weighted by atomic mass is 16.6. The molecule has 0 aromatic heterocycles. The van der Waals surface area contributed by atoms with Crippen molar-refractivity contribution in [2.24, 2.45) is 11.3 Å². The molecule has 1 aliphatic heterocycles. The molecule has 1 saturated carbocycles. The number of rotatable bonds is 2. The van der Waals surface area contributed by atoms with Crippen LogP contribution in [0.5, 0.6) is 0 Å². The Hall–Kier alpha value is -1.36. The van der Waals surface area contributed by atoms with Crippen molar-refractivity contribution in [3.8, 4) is 0 Å². The van der Waals surface area contributed by atoms with E-state index in [0.717, 1.165) is 24.8 Å². The van der Waals surface area contributed by atoms with Crippen molar-refractivity contribution in [2.45, 2.75) is 84.2 Å². The molecule has 0 amide bonds. The van der Waals surface area contributed by atoms with Gasteiger partial charge >= 0.3 is 11.9 Å². The number of epoxide rings is 1. The van der Waals surface area contributed by atoms with Gasteiger partial charge in [0.2, 0.25) is 0 Å². The second-order valence-electron chi connectivity index (χ2n) is 7.86. The lowest BCUT2D eigenvalue weighted by Crippen LogP contribution is -2.48. The van der Waals surface area contributed by atoms with E-state index in [-0.39, 0.29) is 23.0 Å². The third kappa shape index (κ3) is 2.67. The van der Waals surface area contributed by atoms with Crippen LogP contribution in [0.25, 0.3) is 0 Å². The summed E-state index contributed by atoms with van der Waals surface area (Å²) in [5.41, 5.74) is 0.700. The maximum Gasteiger partial charge on any atom is 0.303 e. The molecule has 0 N–H and O–H groups in total. The Morgan fingerprint density at radius 2 is 1.83 bits per heavy atom. The first-order valence-electron chi connectivity index (χ1n) is 8.91. The van der Waals surface area contributed by atoms with Crippen molar-refractivity contribution in [2.75, 3.05) is 0 Å². The van der Waals surface area contributed by atoms with Gasteiger partial charge in [0, 0.05) is 19.3 Å². The van der Waals surface area contributed by atoms with E-state index in [2.05, 4.69) is 19.9 Å². The third-order valence-electron chi connectivity index (χ3n) is 6.34. The number of ether oxygens (including phenoxy) is 3. The Labute approximate surface area is 143 Å². The lowest BCUT2D eigenvalue weighted by molar-refractivity contribution is -0.163. The molecule has 24 heavy (non-hydrogen) atoms. The van der Waals surface area contributed by atoms with Crippen LogP contribution in [0.15, 0.2) is 11.6 Å². The van der Waals surface area contributed by atoms with Crippen LogP contribution in [0.4, 0.5) is 0 Å². The monoisotopic (exact) mass is 336 g/mol. The van der Waals surface area contributed by atoms with Crippen molar-refractivity contribution in [3.05, 3.63) is 11.6 Å². The maximum atomic E-state index is 11.6. The Balaban J connectivity index is 1.99. The molecule has 0 aromatic carbocycles. The fraction of sp³-hybridized carbons (Fsp3) is 0.789. The minimum absolute atomic E-state index is 0.0837. The molecule has 2 fully saturated rings. The Morgan fingerprint density at radius 1 is 1.17 bits per heavy atom. The first kappa shape index (κ1) is 17.5. The van der Waals surface area contributed by atoms with E-state index in [1.165, 1.54) is 13.8 Å². The van der Waals surface area contributed by atoms with Crippen molar-refractivity contribution >= 4 is 11.9 Å². The van der Waals surface area contributed by atoms with Crippen LogP contribution in [-0.4, -0.2) is 35.9 Å². The summed E-state index contributed by atoms with van der Waals surface area (Å²) in [6.07, 6.45) is 5.23. The van der Waals surface area contributed by atoms with Gasteiger partial charge in [-0.3, -0.25) is 9.59 Å². The van der Waals surface area contributed by atoms with Gasteiger partial charge in [-0.05, 0) is 44.1 Å². The number of esters is 2. The zero-order valence-corrected chi connectivity index (χ0v) is 15.3. The second kappa shape index (κ2) is 5.87. The van der Waals surface area contributed by atoms with E-state index in [1.807, 2.05) is 6.92 Å². The quantitative estimate of drug-likeness (QED) is 0.440. The van der Waals surface area contributed by atoms with Gasteiger partial charge < -0.3 is 14.2 Å². The summed E-state index contributed by atoms with van der Waals surface area (Å²) in [6, 6.07) is 0. The summed E-state index contributed by atoms with van der Waals surface area (Å²) in [6.45, 7) is 9.29. The smallest absolute Gasteiger partial charge is 0.303 e. The number of carbonyl (C=O) groups is 2. The number of hydrogen-bond acceptors (Lipinski definition) is 5. The lowest BCUT2D eigenvalue weighted by Gasteiger charge is -2.45. The second-order valence-corrected chi connectivity index (χ2v) is 7.86. The number of hydrogen-bond donors (Lipinski definition) is 0. The van der Waals surface area contributed by atoms with Crippen molar-refractivity contribution < 1.29 is 23.8 Å². The molecule has 2 aliphatic carbocycles. The molecule has 3 rings (SSSR count). The van der Waals surface area contributed by atoms with E-state index in [1.54, 1.807) is 0 Å². The molecule has 1 spiro atoms. The number of carbonyl (C=O) groups excluding carboxylic acids is 2. The van der Waals surface area contributed by atoms with Crippen LogP contribution in [-0.2, 0) is 23.8 Å². The minimum Gasteiger partial charge on any atom is -0.458 e. The summed E-state index contributed by atoms with van der Waals surface area (Å²) in [7, 11) is 0. The normalized spacial score (nSPS) is 46.3. The van der Waals surface area contributed by atoms with Crippen LogP contribution in [0.2, 0.25) is 0 Å². The largest absolute Gasteiger partial charge is 0.458 e. The van der Waals surface area contributed by atoms with Crippen LogP contribution < -0.4 is 0 Å². The van der Waals surface area contributed by atoms with Crippen LogP contribution in [0.3, 0.4) is 0 Å². The van der Waals surface area contributed by atoms with Crippen LogP contribution >= 0.6 is 0 Å². The van der Waals surface area contributed by atoms with Gasteiger partial charge in [-0.1, -0.05) is 19.9 Å². The summed E-state index contributed by atoms with van der Waals surface area (Å²) < 4.78 is 17.2. The van der Waals surface area contributed by atoms with Crippen LogP contribution in [0, 0.1) is 11.3 Å². The highest BCUT2D eigenvalue weighted by molar-refractivity contribution is 5.67. The predicted molar refractivity (Wildman–Crippen MR) is 88.2 cm³/mol. The predicted octanol–water partition coefficient (Wildman–Crippen LogP) is 3.16. The average Bonchev–Trinajstić information content (AvgIpc) is 3.20. The Bertz CT molecular complexity index is 582. The minimum atomic E-state index is -0.521. The molecule has 0 aromatic rings. The summed E-state index contributed by atoms with van der Waals surface area (Å²) in [5.74, 6) is -0.215. The topological polar surface area (TPSA) is 65.1 Å². The third-order valence-corrected chi connectivity index (χ3v) is 6.34. The first-order chi connectivity index (χ1) is 11.2. The highest BCUT2D eigenvalue weighted by Crippen LogP contribution is 2.64. The van der Waals surface area contributed by atoms with E-state index in [9.17, 15) is 9.59 Å². The van der Waals surface area contributed by atoms with Gasteiger partial charge in [0.15, 0.2) is 6.10 Å². The maximum absolute atomic E-state index is 11.6. The van der Waals surface area contributed by atoms with E-state index >= 15 is 0 Å². The molecule has 5 nitrogen and oxygen atoms in total. The van der Waals surface area contributed by atoms with E-state index in [0.29, 0.717) is 18.4 Å².